The highest BCUT2D eigenvalue weighted by Gasteiger charge is 1.98. The van der Waals surface area contributed by atoms with E-state index in [-0.39, 0.29) is 5.56 Å². The smallest absolute Gasteiger partial charge is 0.248 e. The number of aromatic amines is 1. The van der Waals surface area contributed by atoms with Gasteiger partial charge in [0.1, 0.15) is 6.07 Å². The van der Waals surface area contributed by atoms with Gasteiger partial charge in [0.15, 0.2) is 0 Å². The number of nitriles is 1. The Hall–Kier alpha value is -1.56. The van der Waals surface area contributed by atoms with Crippen molar-refractivity contribution in [1.82, 2.24) is 4.98 Å². The van der Waals surface area contributed by atoms with Crippen molar-refractivity contribution in [2.24, 2.45) is 0 Å². The van der Waals surface area contributed by atoms with E-state index < -0.39 is 0 Å². The van der Waals surface area contributed by atoms with Crippen molar-refractivity contribution in [2.45, 2.75) is 13.3 Å². The van der Waals surface area contributed by atoms with Gasteiger partial charge in [-0.3, -0.25) is 4.79 Å². The lowest BCUT2D eigenvalue weighted by molar-refractivity contribution is 1.08. The predicted octanol–water partition coefficient (Wildman–Crippen LogP) is 0.809. The summed E-state index contributed by atoms with van der Waals surface area (Å²) in [5, 5.41) is 8.57. The Balaban J connectivity index is 3.30. The summed E-state index contributed by atoms with van der Waals surface area (Å²) in [4.78, 5) is 13.2. The lowest BCUT2D eigenvalue weighted by Gasteiger charge is -1.95. The molecule has 1 aromatic rings. The summed E-state index contributed by atoms with van der Waals surface area (Å²) >= 11 is 0. The van der Waals surface area contributed by atoms with Crippen LogP contribution in [0, 0.1) is 11.3 Å². The summed E-state index contributed by atoms with van der Waals surface area (Å²) in [6, 6.07) is 3.46. The maximum atomic E-state index is 10.8. The Bertz CT molecular complexity index is 346. The number of aryl methyl sites for hydroxylation is 1. The minimum atomic E-state index is -0.152. The summed E-state index contributed by atoms with van der Waals surface area (Å²) in [5.41, 5.74) is 1.20. The van der Waals surface area contributed by atoms with Crippen molar-refractivity contribution >= 4 is 0 Å². The SMILES string of the molecule is CCc1cc(=O)[nH]cc1C#N. The fourth-order valence-corrected chi connectivity index (χ4v) is 0.910. The molecule has 0 amide bonds. The fourth-order valence-electron chi connectivity index (χ4n) is 0.910. The van der Waals surface area contributed by atoms with Crippen LogP contribution in [0.4, 0.5) is 0 Å². The normalized spacial score (nSPS) is 9.09. The van der Waals surface area contributed by atoms with E-state index in [1.807, 2.05) is 13.0 Å². The van der Waals surface area contributed by atoms with Crippen molar-refractivity contribution < 1.29 is 0 Å². The maximum Gasteiger partial charge on any atom is 0.248 e. The molecule has 56 valence electrons. The molecule has 0 spiro atoms. The van der Waals surface area contributed by atoms with Crippen LogP contribution in [0.2, 0.25) is 0 Å². The number of hydrogen-bond acceptors (Lipinski definition) is 2. The molecule has 1 heterocycles. The average molecular weight is 148 g/mol. The van der Waals surface area contributed by atoms with Gasteiger partial charge < -0.3 is 4.98 Å². The summed E-state index contributed by atoms with van der Waals surface area (Å²) in [6.07, 6.45) is 2.16. The topological polar surface area (TPSA) is 56.6 Å². The second-order valence-electron chi connectivity index (χ2n) is 2.20. The molecule has 1 rings (SSSR count). The van der Waals surface area contributed by atoms with Crippen molar-refractivity contribution in [3.8, 4) is 6.07 Å². The van der Waals surface area contributed by atoms with Gasteiger partial charge in [0.05, 0.1) is 5.56 Å². The van der Waals surface area contributed by atoms with Gasteiger partial charge in [-0.25, -0.2) is 0 Å². The zero-order valence-electron chi connectivity index (χ0n) is 6.22. The first-order valence-corrected chi connectivity index (χ1v) is 3.39. The number of nitrogens with zero attached hydrogens (tertiary/aromatic N) is 1. The van der Waals surface area contributed by atoms with Gasteiger partial charge in [-0.2, -0.15) is 5.26 Å². The molecule has 0 aromatic carbocycles. The van der Waals surface area contributed by atoms with E-state index in [2.05, 4.69) is 4.98 Å². The van der Waals surface area contributed by atoms with Crippen LogP contribution < -0.4 is 5.56 Å². The molecule has 0 aliphatic rings. The quantitative estimate of drug-likeness (QED) is 0.640. The number of H-pyrrole nitrogens is 1. The molecule has 3 nitrogen and oxygen atoms in total. The first kappa shape index (κ1) is 7.55. The van der Waals surface area contributed by atoms with Gasteiger partial charge in [0.25, 0.3) is 0 Å². The fraction of sp³-hybridized carbons (Fsp3) is 0.250. The van der Waals surface area contributed by atoms with E-state index in [1.165, 1.54) is 12.3 Å². The zero-order valence-corrected chi connectivity index (χ0v) is 6.22. The van der Waals surface area contributed by atoms with Crippen LogP contribution in [-0.4, -0.2) is 4.98 Å². The molecule has 0 fully saturated rings. The average Bonchev–Trinajstić information content (AvgIpc) is 2.04. The number of rotatable bonds is 1. The summed E-state index contributed by atoms with van der Waals surface area (Å²) in [7, 11) is 0. The molecule has 0 unspecified atom stereocenters. The van der Waals surface area contributed by atoms with Crippen LogP contribution in [0.25, 0.3) is 0 Å². The van der Waals surface area contributed by atoms with Crippen molar-refractivity contribution in [1.29, 1.82) is 5.26 Å². The monoisotopic (exact) mass is 148 g/mol. The first-order chi connectivity index (χ1) is 5.27. The van der Waals surface area contributed by atoms with Crippen LogP contribution in [0.5, 0.6) is 0 Å². The van der Waals surface area contributed by atoms with Gasteiger partial charge in [0, 0.05) is 12.3 Å². The minimum Gasteiger partial charge on any atom is -0.328 e. The van der Waals surface area contributed by atoms with Crippen molar-refractivity contribution in [3.05, 3.63) is 33.7 Å². The second-order valence-corrected chi connectivity index (χ2v) is 2.20. The molecule has 3 heteroatoms. The Morgan fingerprint density at radius 3 is 3.00 bits per heavy atom. The molecule has 0 aliphatic carbocycles. The standard InChI is InChI=1S/C8H8N2O/c1-2-6-3-8(11)10-5-7(6)4-9/h3,5H,2H2,1H3,(H,10,11). The number of pyridine rings is 1. The largest absolute Gasteiger partial charge is 0.328 e. The summed E-state index contributed by atoms with van der Waals surface area (Å²) < 4.78 is 0. The Kier molecular flexibility index (Phi) is 2.07. The third kappa shape index (κ3) is 1.47. The maximum absolute atomic E-state index is 10.8. The van der Waals surface area contributed by atoms with Crippen molar-refractivity contribution in [3.63, 3.8) is 0 Å². The summed E-state index contributed by atoms with van der Waals surface area (Å²) in [5.74, 6) is 0. The third-order valence-electron chi connectivity index (χ3n) is 1.51. The third-order valence-corrected chi connectivity index (χ3v) is 1.51. The molecule has 0 bridgehead atoms. The van der Waals surface area contributed by atoms with Gasteiger partial charge in [-0.15, -0.1) is 0 Å². The van der Waals surface area contributed by atoms with Crippen LogP contribution in [-0.2, 0) is 6.42 Å². The van der Waals surface area contributed by atoms with Crippen LogP contribution in [0.15, 0.2) is 17.1 Å². The lowest BCUT2D eigenvalue weighted by Crippen LogP contribution is -2.06. The zero-order chi connectivity index (χ0) is 8.27. The van der Waals surface area contributed by atoms with Crippen LogP contribution >= 0.6 is 0 Å². The van der Waals surface area contributed by atoms with Gasteiger partial charge in [-0.05, 0) is 12.0 Å². The molecule has 0 radical (unpaired) electrons. The van der Waals surface area contributed by atoms with Gasteiger partial charge in [0.2, 0.25) is 5.56 Å². The Labute approximate surface area is 64.3 Å². The van der Waals surface area contributed by atoms with Gasteiger partial charge >= 0.3 is 0 Å². The predicted molar refractivity (Wildman–Crippen MR) is 41.2 cm³/mol. The summed E-state index contributed by atoms with van der Waals surface area (Å²) in [6.45, 7) is 1.91. The Morgan fingerprint density at radius 2 is 2.45 bits per heavy atom. The molecule has 1 aromatic heterocycles. The van der Waals surface area contributed by atoms with Crippen molar-refractivity contribution in [2.75, 3.05) is 0 Å². The van der Waals surface area contributed by atoms with E-state index in [0.717, 1.165) is 5.56 Å². The molecule has 0 aliphatic heterocycles. The molecule has 11 heavy (non-hydrogen) atoms. The van der Waals surface area contributed by atoms with E-state index in [4.69, 9.17) is 5.26 Å². The van der Waals surface area contributed by atoms with Crippen LogP contribution in [0.1, 0.15) is 18.1 Å². The minimum absolute atomic E-state index is 0.152. The highest BCUT2D eigenvalue weighted by molar-refractivity contribution is 5.34. The van der Waals surface area contributed by atoms with Crippen LogP contribution in [0.3, 0.4) is 0 Å². The van der Waals surface area contributed by atoms with E-state index in [9.17, 15) is 4.79 Å². The van der Waals surface area contributed by atoms with E-state index in [0.29, 0.717) is 12.0 Å². The molecular weight excluding hydrogens is 140 g/mol. The highest BCUT2D eigenvalue weighted by atomic mass is 16.1. The van der Waals surface area contributed by atoms with Gasteiger partial charge in [-0.1, -0.05) is 6.92 Å². The molecule has 0 atom stereocenters. The molecule has 0 saturated carbocycles. The number of nitrogens with one attached hydrogen (secondary N) is 1. The molecular formula is C8H8N2O. The first-order valence-electron chi connectivity index (χ1n) is 3.39. The number of hydrogen-bond donors (Lipinski definition) is 1. The number of aromatic nitrogens is 1. The van der Waals surface area contributed by atoms with E-state index >= 15 is 0 Å². The Morgan fingerprint density at radius 1 is 1.73 bits per heavy atom. The highest BCUT2D eigenvalue weighted by Crippen LogP contribution is 2.02. The lowest BCUT2D eigenvalue weighted by atomic mass is 10.1. The molecule has 0 saturated heterocycles. The van der Waals surface area contributed by atoms with E-state index in [1.54, 1.807) is 0 Å². The molecule has 1 N–H and O–H groups in total. The second kappa shape index (κ2) is 3.02.